The quantitative estimate of drug-likeness (QED) is 0.781. The molecule has 1 amide bonds. The Labute approximate surface area is 106 Å². The Bertz CT molecular complexity index is 364. The van der Waals surface area contributed by atoms with Gasteiger partial charge in [0.2, 0.25) is 0 Å². The molecule has 0 unspecified atom stereocenters. The summed E-state index contributed by atoms with van der Waals surface area (Å²) >= 11 is 10.6. The molecule has 0 aromatic carbocycles. The number of carbonyl (C=O) groups is 1. The number of alkyl halides is 1. The highest BCUT2D eigenvalue weighted by molar-refractivity contribution is 9.10. The van der Waals surface area contributed by atoms with Gasteiger partial charge in [-0.1, -0.05) is 0 Å². The number of halogens is 2. The molecule has 1 aliphatic carbocycles. The molecule has 1 fully saturated rings. The van der Waals surface area contributed by atoms with Crippen molar-refractivity contribution in [1.29, 1.82) is 0 Å². The fraction of sp³-hybridized carbons (Fsp3) is 0.500. The predicted molar refractivity (Wildman–Crippen MR) is 66.8 cm³/mol. The van der Waals surface area contributed by atoms with Crippen LogP contribution in [0.3, 0.4) is 0 Å². The van der Waals surface area contributed by atoms with Crippen LogP contribution in [0.1, 0.15) is 22.5 Å². The summed E-state index contributed by atoms with van der Waals surface area (Å²) in [5.74, 6) is 0.616. The van der Waals surface area contributed by atoms with Crippen LogP contribution in [0.2, 0.25) is 0 Å². The van der Waals surface area contributed by atoms with E-state index in [0.29, 0.717) is 18.5 Å². The van der Waals surface area contributed by atoms with Gasteiger partial charge in [-0.15, -0.1) is 22.9 Å². The van der Waals surface area contributed by atoms with E-state index in [1.54, 1.807) is 0 Å². The average molecular weight is 309 g/mol. The molecule has 1 aromatic heterocycles. The normalized spacial score (nSPS) is 15.3. The highest BCUT2D eigenvalue weighted by atomic mass is 79.9. The molecule has 5 heteroatoms. The molecule has 1 heterocycles. The van der Waals surface area contributed by atoms with Gasteiger partial charge >= 0.3 is 0 Å². The lowest BCUT2D eigenvalue weighted by molar-refractivity contribution is 0.0758. The van der Waals surface area contributed by atoms with E-state index in [-0.39, 0.29) is 5.91 Å². The van der Waals surface area contributed by atoms with E-state index in [1.807, 2.05) is 16.3 Å². The molecule has 2 rings (SSSR count). The van der Waals surface area contributed by atoms with Gasteiger partial charge in [0.1, 0.15) is 4.88 Å². The van der Waals surface area contributed by atoms with E-state index in [1.165, 1.54) is 11.3 Å². The maximum atomic E-state index is 12.1. The van der Waals surface area contributed by atoms with Crippen molar-refractivity contribution >= 4 is 44.8 Å². The Balaban J connectivity index is 2.14. The molecule has 0 saturated heterocycles. The van der Waals surface area contributed by atoms with Crippen LogP contribution in [-0.4, -0.2) is 29.3 Å². The molecule has 0 spiro atoms. The minimum absolute atomic E-state index is 0.111. The highest BCUT2D eigenvalue weighted by Gasteiger charge is 2.33. The minimum atomic E-state index is 0.111. The zero-order valence-corrected chi connectivity index (χ0v) is 11.2. The lowest BCUT2D eigenvalue weighted by Gasteiger charge is -2.20. The van der Waals surface area contributed by atoms with E-state index in [2.05, 4.69) is 15.9 Å². The molecule has 0 aliphatic heterocycles. The molecule has 1 aromatic rings. The van der Waals surface area contributed by atoms with Gasteiger partial charge in [-0.3, -0.25) is 4.79 Å². The van der Waals surface area contributed by atoms with Crippen LogP contribution < -0.4 is 0 Å². The van der Waals surface area contributed by atoms with Crippen LogP contribution in [0.25, 0.3) is 0 Å². The fourth-order valence-corrected chi connectivity index (χ4v) is 3.18. The first-order chi connectivity index (χ1) is 7.24. The topological polar surface area (TPSA) is 20.3 Å². The lowest BCUT2D eigenvalue weighted by atomic mass is 10.3. The molecule has 0 bridgehead atoms. The number of amides is 1. The van der Waals surface area contributed by atoms with Crippen LogP contribution in [-0.2, 0) is 0 Å². The second kappa shape index (κ2) is 4.85. The predicted octanol–water partition coefficient (Wildman–Crippen LogP) is 3.35. The van der Waals surface area contributed by atoms with Crippen molar-refractivity contribution in [2.75, 3.05) is 12.4 Å². The standard InChI is InChI=1S/C10H11BrClNOS/c11-8-3-6-15-9(8)10(14)13(5-4-12)7-1-2-7/h3,6-7H,1-2,4-5H2. The average Bonchev–Trinajstić information content (AvgIpc) is 2.97. The van der Waals surface area contributed by atoms with Crippen molar-refractivity contribution in [2.24, 2.45) is 0 Å². The summed E-state index contributed by atoms with van der Waals surface area (Å²) < 4.78 is 0.887. The van der Waals surface area contributed by atoms with Crippen molar-refractivity contribution in [3.05, 3.63) is 20.8 Å². The Kier molecular flexibility index (Phi) is 3.69. The summed E-state index contributed by atoms with van der Waals surface area (Å²) in [6.45, 7) is 0.648. The van der Waals surface area contributed by atoms with Crippen LogP contribution in [0, 0.1) is 0 Å². The van der Waals surface area contributed by atoms with Gasteiger partial charge in [0.05, 0.1) is 0 Å². The monoisotopic (exact) mass is 307 g/mol. The van der Waals surface area contributed by atoms with Crippen molar-refractivity contribution in [3.63, 3.8) is 0 Å². The van der Waals surface area contributed by atoms with Crippen LogP contribution >= 0.6 is 38.9 Å². The lowest BCUT2D eigenvalue weighted by Crippen LogP contribution is -2.34. The van der Waals surface area contributed by atoms with Gasteiger partial charge in [-0.05, 0) is 40.2 Å². The molecule has 0 radical (unpaired) electrons. The molecule has 2 nitrogen and oxygen atoms in total. The van der Waals surface area contributed by atoms with Crippen molar-refractivity contribution in [3.8, 4) is 0 Å². The maximum Gasteiger partial charge on any atom is 0.265 e. The Hall–Kier alpha value is -0.0600. The maximum absolute atomic E-state index is 12.1. The number of nitrogens with zero attached hydrogens (tertiary/aromatic N) is 1. The number of rotatable bonds is 4. The van der Waals surface area contributed by atoms with Crippen LogP contribution in [0.5, 0.6) is 0 Å². The SMILES string of the molecule is O=C(c1sccc1Br)N(CCCl)C1CC1. The molecule has 0 atom stereocenters. The Morgan fingerprint density at radius 1 is 1.67 bits per heavy atom. The summed E-state index contributed by atoms with van der Waals surface area (Å²) in [6, 6.07) is 2.33. The zero-order valence-electron chi connectivity index (χ0n) is 8.08. The summed E-state index contributed by atoms with van der Waals surface area (Å²) in [5, 5.41) is 1.92. The van der Waals surface area contributed by atoms with Crippen LogP contribution in [0.4, 0.5) is 0 Å². The smallest absolute Gasteiger partial charge is 0.265 e. The summed E-state index contributed by atoms with van der Waals surface area (Å²) in [4.78, 5) is 14.8. The first-order valence-corrected chi connectivity index (χ1v) is 7.04. The van der Waals surface area contributed by atoms with Gasteiger partial charge in [0.25, 0.3) is 5.91 Å². The third-order valence-corrected chi connectivity index (χ3v) is 4.38. The van der Waals surface area contributed by atoms with E-state index in [4.69, 9.17) is 11.6 Å². The largest absolute Gasteiger partial charge is 0.334 e. The summed E-state index contributed by atoms with van der Waals surface area (Å²) in [6.07, 6.45) is 2.23. The minimum Gasteiger partial charge on any atom is -0.334 e. The van der Waals surface area contributed by atoms with Gasteiger partial charge in [0, 0.05) is 22.9 Å². The van der Waals surface area contributed by atoms with Crippen LogP contribution in [0.15, 0.2) is 15.9 Å². The van der Waals surface area contributed by atoms with Gasteiger partial charge in [-0.25, -0.2) is 0 Å². The fourth-order valence-electron chi connectivity index (χ4n) is 1.50. The number of hydrogen-bond donors (Lipinski definition) is 0. The molecule has 1 aliphatic rings. The number of hydrogen-bond acceptors (Lipinski definition) is 2. The van der Waals surface area contributed by atoms with Crippen molar-refractivity contribution in [1.82, 2.24) is 4.90 Å². The van der Waals surface area contributed by atoms with E-state index < -0.39 is 0 Å². The second-order valence-corrected chi connectivity index (χ2v) is 5.66. The molecule has 82 valence electrons. The van der Waals surface area contributed by atoms with Gasteiger partial charge in [-0.2, -0.15) is 0 Å². The third kappa shape index (κ3) is 2.55. The third-order valence-electron chi connectivity index (χ3n) is 2.39. The van der Waals surface area contributed by atoms with E-state index in [0.717, 1.165) is 22.2 Å². The molecular formula is C10H11BrClNOS. The summed E-state index contributed by atoms with van der Waals surface area (Å²) in [7, 11) is 0. The Morgan fingerprint density at radius 2 is 2.40 bits per heavy atom. The first-order valence-electron chi connectivity index (χ1n) is 4.84. The molecule has 1 saturated carbocycles. The molecule has 15 heavy (non-hydrogen) atoms. The molecule has 0 N–H and O–H groups in total. The first kappa shape index (κ1) is 11.4. The van der Waals surface area contributed by atoms with E-state index >= 15 is 0 Å². The zero-order chi connectivity index (χ0) is 10.8. The van der Waals surface area contributed by atoms with Crippen molar-refractivity contribution < 1.29 is 4.79 Å². The van der Waals surface area contributed by atoms with E-state index in [9.17, 15) is 4.79 Å². The number of thiophene rings is 1. The molecular weight excluding hydrogens is 298 g/mol. The summed E-state index contributed by atoms with van der Waals surface area (Å²) in [5.41, 5.74) is 0. The van der Waals surface area contributed by atoms with Gasteiger partial charge in [0.15, 0.2) is 0 Å². The number of carbonyl (C=O) groups excluding carboxylic acids is 1. The highest BCUT2D eigenvalue weighted by Crippen LogP contribution is 2.31. The van der Waals surface area contributed by atoms with Crippen molar-refractivity contribution in [2.45, 2.75) is 18.9 Å². The second-order valence-electron chi connectivity index (χ2n) is 3.52. The van der Waals surface area contributed by atoms with Gasteiger partial charge < -0.3 is 4.90 Å². The Morgan fingerprint density at radius 3 is 2.87 bits per heavy atom.